The second-order valence-corrected chi connectivity index (χ2v) is 2.72. The van der Waals surface area contributed by atoms with Gasteiger partial charge in [-0.25, -0.2) is 14.4 Å². The molecule has 1 N–H and O–H groups in total. The van der Waals surface area contributed by atoms with E-state index in [2.05, 4.69) is 23.7 Å². The number of hydrogen-bond acceptors (Lipinski definition) is 8. The van der Waals surface area contributed by atoms with Crippen LogP contribution in [0.1, 0.15) is 13.3 Å². The van der Waals surface area contributed by atoms with Crippen molar-refractivity contribution >= 4 is 18.5 Å². The van der Waals surface area contributed by atoms with Gasteiger partial charge < -0.3 is 28.8 Å². The van der Waals surface area contributed by atoms with Crippen LogP contribution in [0.15, 0.2) is 0 Å². The number of carbonyl (C=O) groups excluding carboxylic acids is 2. The molecule has 112 valence electrons. The minimum Gasteiger partial charge on any atom is -0.450 e. The molecule has 0 amide bonds. The number of carbonyl (C=O) groups is 3. The zero-order valence-electron chi connectivity index (χ0n) is 11.0. The van der Waals surface area contributed by atoms with Crippen molar-refractivity contribution in [3.05, 3.63) is 0 Å². The summed E-state index contributed by atoms with van der Waals surface area (Å²) in [5.74, 6) is 0. The highest BCUT2D eigenvalue weighted by Gasteiger charge is 2.09. The maximum Gasteiger partial charge on any atom is 0.508 e. The fourth-order valence-corrected chi connectivity index (χ4v) is 0.564. The summed E-state index contributed by atoms with van der Waals surface area (Å²) in [6.45, 7) is 2.98. The lowest BCUT2D eigenvalue weighted by Crippen LogP contribution is -1.99. The van der Waals surface area contributed by atoms with Gasteiger partial charge in [0.25, 0.3) is 0 Å². The van der Waals surface area contributed by atoms with Gasteiger partial charge in [-0.15, -0.1) is 0 Å². The van der Waals surface area contributed by atoms with Gasteiger partial charge >= 0.3 is 18.5 Å². The van der Waals surface area contributed by atoms with Gasteiger partial charge in [-0.1, -0.05) is 6.92 Å². The summed E-state index contributed by atoms with van der Waals surface area (Å²) in [4.78, 5) is 29.1. The summed E-state index contributed by atoms with van der Waals surface area (Å²) in [7, 11) is 2.51. The Morgan fingerprint density at radius 1 is 1.21 bits per heavy atom. The minimum atomic E-state index is -1.19. The number of rotatable bonds is 2. The number of ether oxygens (including phenoxy) is 5. The Morgan fingerprint density at radius 2 is 1.68 bits per heavy atom. The molecule has 1 aliphatic heterocycles. The lowest BCUT2D eigenvalue weighted by molar-refractivity contribution is 0.0910. The lowest BCUT2D eigenvalue weighted by atomic mass is 10.5. The molecule has 0 unspecified atom stereocenters. The molecule has 0 aromatic heterocycles. The minimum absolute atomic E-state index is 0.301. The Balaban J connectivity index is 0. The number of cyclic esters (lactones) is 2. The van der Waals surface area contributed by atoms with Gasteiger partial charge in [-0.3, -0.25) is 0 Å². The van der Waals surface area contributed by atoms with E-state index in [1.807, 2.05) is 6.92 Å². The Labute approximate surface area is 110 Å². The Morgan fingerprint density at radius 3 is 1.79 bits per heavy atom. The summed E-state index contributed by atoms with van der Waals surface area (Å²) in [6.07, 6.45) is -1.65. The van der Waals surface area contributed by atoms with E-state index < -0.39 is 18.5 Å². The van der Waals surface area contributed by atoms with Crippen LogP contribution in [0, 0.1) is 0 Å². The van der Waals surface area contributed by atoms with Crippen molar-refractivity contribution in [3.8, 4) is 0 Å². The summed E-state index contributed by atoms with van der Waals surface area (Å²) < 4.78 is 20.8. The zero-order valence-corrected chi connectivity index (χ0v) is 11.0. The van der Waals surface area contributed by atoms with Crippen LogP contribution in [0.25, 0.3) is 0 Å². The molecule has 9 heteroatoms. The largest absolute Gasteiger partial charge is 0.508 e. The van der Waals surface area contributed by atoms with Crippen molar-refractivity contribution in [3.63, 3.8) is 0 Å². The predicted octanol–water partition coefficient (Wildman–Crippen LogP) is 1.64. The van der Waals surface area contributed by atoms with Crippen LogP contribution in [-0.4, -0.2) is 57.6 Å². The molecule has 9 nitrogen and oxygen atoms in total. The SMILES string of the molecule is CCCOC(=O)O.COC(=O)OC.O=C1OCCO1. The van der Waals surface area contributed by atoms with Gasteiger partial charge in [0.2, 0.25) is 0 Å². The molecule has 0 aromatic rings. The van der Waals surface area contributed by atoms with Gasteiger partial charge in [0, 0.05) is 0 Å². The molecule has 1 heterocycles. The molecular weight excluding hydrogens is 264 g/mol. The van der Waals surface area contributed by atoms with Gasteiger partial charge in [0.1, 0.15) is 13.2 Å². The van der Waals surface area contributed by atoms with Crippen molar-refractivity contribution in [2.75, 3.05) is 34.0 Å². The highest BCUT2D eigenvalue weighted by Crippen LogP contribution is 1.92. The highest BCUT2D eigenvalue weighted by molar-refractivity contribution is 5.61. The topological polar surface area (TPSA) is 118 Å². The first-order valence-electron chi connectivity index (χ1n) is 5.25. The summed E-state index contributed by atoms with van der Waals surface area (Å²) in [5, 5.41) is 7.82. The molecule has 1 fully saturated rings. The normalized spacial score (nSPS) is 11.4. The van der Waals surface area contributed by atoms with Crippen molar-refractivity contribution in [1.29, 1.82) is 0 Å². The molecule has 0 radical (unpaired) electrons. The van der Waals surface area contributed by atoms with Crippen LogP contribution in [0.2, 0.25) is 0 Å². The third-order valence-electron chi connectivity index (χ3n) is 1.29. The number of methoxy groups -OCH3 is 2. The molecule has 0 aliphatic carbocycles. The third kappa shape index (κ3) is 18.4. The Bertz CT molecular complexity index is 248. The maximum atomic E-state index is 9.80. The van der Waals surface area contributed by atoms with Crippen molar-refractivity contribution in [2.45, 2.75) is 13.3 Å². The molecule has 0 spiro atoms. The molecule has 0 bridgehead atoms. The van der Waals surface area contributed by atoms with Gasteiger partial charge in [0.15, 0.2) is 0 Å². The second-order valence-electron chi connectivity index (χ2n) is 2.72. The van der Waals surface area contributed by atoms with Crippen LogP contribution in [0.3, 0.4) is 0 Å². The highest BCUT2D eigenvalue weighted by atomic mass is 16.8. The molecule has 1 rings (SSSR count). The molecule has 0 atom stereocenters. The standard InChI is InChI=1S/C4H8O3.C3H4O3.C3H6O3/c1-2-3-7-4(5)6;4-3-5-1-2-6-3;1-5-3(4)6-2/h2-3H2,1H3,(H,5,6);1-2H2;1-2H3. The summed E-state index contributed by atoms with van der Waals surface area (Å²) in [6, 6.07) is 0. The first-order chi connectivity index (χ1) is 8.97. The smallest absolute Gasteiger partial charge is 0.450 e. The van der Waals surface area contributed by atoms with Crippen LogP contribution < -0.4 is 0 Å². The van der Waals surface area contributed by atoms with E-state index in [1.54, 1.807) is 0 Å². The van der Waals surface area contributed by atoms with Gasteiger partial charge in [-0.2, -0.15) is 0 Å². The van der Waals surface area contributed by atoms with Gasteiger partial charge in [-0.05, 0) is 6.42 Å². The van der Waals surface area contributed by atoms with E-state index in [1.165, 1.54) is 14.2 Å². The monoisotopic (exact) mass is 282 g/mol. The lowest BCUT2D eigenvalue weighted by Gasteiger charge is -1.91. The van der Waals surface area contributed by atoms with Crippen LogP contribution >= 0.6 is 0 Å². The molecule has 1 saturated heterocycles. The third-order valence-corrected chi connectivity index (χ3v) is 1.29. The molecule has 0 saturated carbocycles. The van der Waals surface area contributed by atoms with E-state index in [0.29, 0.717) is 19.8 Å². The van der Waals surface area contributed by atoms with E-state index in [4.69, 9.17) is 5.11 Å². The molecule has 1 aliphatic rings. The van der Waals surface area contributed by atoms with E-state index in [9.17, 15) is 14.4 Å². The summed E-state index contributed by atoms with van der Waals surface area (Å²) in [5.41, 5.74) is 0. The zero-order chi connectivity index (χ0) is 15.1. The maximum absolute atomic E-state index is 9.80. The van der Waals surface area contributed by atoms with E-state index in [0.717, 1.165) is 6.42 Å². The fourth-order valence-electron chi connectivity index (χ4n) is 0.564. The molecular formula is C10H18O9. The quantitative estimate of drug-likeness (QED) is 0.595. The predicted molar refractivity (Wildman–Crippen MR) is 61.0 cm³/mol. The van der Waals surface area contributed by atoms with Gasteiger partial charge in [0.05, 0.1) is 20.8 Å². The first-order valence-corrected chi connectivity index (χ1v) is 5.25. The summed E-state index contributed by atoms with van der Waals surface area (Å²) >= 11 is 0. The average Bonchev–Trinajstić information content (AvgIpc) is 2.87. The number of hydrogen-bond donors (Lipinski definition) is 1. The van der Waals surface area contributed by atoms with Crippen molar-refractivity contribution in [2.24, 2.45) is 0 Å². The first kappa shape index (κ1) is 19.2. The average molecular weight is 282 g/mol. The number of carboxylic acid groups (broad SMARTS) is 1. The second kappa shape index (κ2) is 13.9. The van der Waals surface area contributed by atoms with Crippen molar-refractivity contribution in [1.82, 2.24) is 0 Å². The van der Waals surface area contributed by atoms with Crippen LogP contribution in [-0.2, 0) is 23.7 Å². The van der Waals surface area contributed by atoms with Crippen LogP contribution in [0.5, 0.6) is 0 Å². The Hall–Kier alpha value is -2.19. The van der Waals surface area contributed by atoms with E-state index >= 15 is 0 Å². The van der Waals surface area contributed by atoms with Crippen molar-refractivity contribution < 1.29 is 43.2 Å². The van der Waals surface area contributed by atoms with Crippen LogP contribution in [0.4, 0.5) is 14.4 Å². The van der Waals surface area contributed by atoms with E-state index in [-0.39, 0.29) is 0 Å². The molecule has 0 aromatic carbocycles. The molecule has 19 heavy (non-hydrogen) atoms. The fraction of sp³-hybridized carbons (Fsp3) is 0.700. The Kier molecular flexibility index (Phi) is 14.0.